The highest BCUT2D eigenvalue weighted by atomic mass is 32.2. The van der Waals surface area contributed by atoms with Gasteiger partial charge >= 0.3 is 0 Å². The van der Waals surface area contributed by atoms with Crippen molar-refractivity contribution in [1.82, 2.24) is 0 Å². The molecule has 0 spiro atoms. The van der Waals surface area contributed by atoms with Gasteiger partial charge < -0.3 is 0 Å². The third-order valence-corrected chi connectivity index (χ3v) is 3.24. The molecule has 1 aliphatic carbocycles. The minimum Gasteiger partial charge on any atom is -0.295 e. The highest BCUT2D eigenvalue weighted by molar-refractivity contribution is 8.03. The summed E-state index contributed by atoms with van der Waals surface area (Å²) >= 11 is 1.74. The minimum atomic E-state index is 0.153. The largest absolute Gasteiger partial charge is 0.295 e. The van der Waals surface area contributed by atoms with Crippen molar-refractivity contribution in [3.05, 3.63) is 45.7 Å². The number of allylic oxidation sites excluding steroid dienone is 5. The molecular weight excluding hydrogens is 216 g/mol. The van der Waals surface area contributed by atoms with Gasteiger partial charge in [-0.2, -0.15) is 0 Å². The quantitative estimate of drug-likeness (QED) is 0.407. The molecule has 0 aromatic carbocycles. The lowest BCUT2D eigenvalue weighted by Crippen LogP contribution is -1.91. The van der Waals surface area contributed by atoms with E-state index in [4.69, 9.17) is 0 Å². The molecule has 84 valence electrons. The molecule has 0 saturated carbocycles. The van der Waals surface area contributed by atoms with E-state index >= 15 is 0 Å². The van der Waals surface area contributed by atoms with Crippen LogP contribution in [0.25, 0.3) is 0 Å². The summed E-state index contributed by atoms with van der Waals surface area (Å²) in [6.07, 6.45) is 7.00. The van der Waals surface area contributed by atoms with Gasteiger partial charge in [-0.15, -0.1) is 11.8 Å². The Morgan fingerprint density at radius 2 is 2.12 bits per heavy atom. The van der Waals surface area contributed by atoms with Gasteiger partial charge in [0.25, 0.3) is 0 Å². The van der Waals surface area contributed by atoms with Crippen LogP contribution in [0.3, 0.4) is 0 Å². The first kappa shape index (κ1) is 12.9. The summed E-state index contributed by atoms with van der Waals surface area (Å²) in [5.74, 6) is 1.12. The molecule has 1 aliphatic rings. The molecule has 0 heterocycles. The maximum Gasteiger partial charge on any atom is 0.155 e. The molecule has 0 unspecified atom stereocenters. The Hall–Kier alpha value is -1.20. The summed E-state index contributed by atoms with van der Waals surface area (Å²) in [7, 11) is 0. The predicted octanol–water partition coefficient (Wildman–Crippen LogP) is 3.80. The Kier molecular flexibility index (Phi) is 5.14. The summed E-state index contributed by atoms with van der Waals surface area (Å²) in [4.78, 5) is 12.1. The van der Waals surface area contributed by atoms with Gasteiger partial charge in [0.15, 0.2) is 5.78 Å². The van der Waals surface area contributed by atoms with E-state index in [-0.39, 0.29) is 5.78 Å². The first-order chi connectivity index (χ1) is 7.59. The Bertz CT molecular complexity index is 439. The van der Waals surface area contributed by atoms with Gasteiger partial charge in [0, 0.05) is 5.75 Å². The molecule has 0 aromatic heterocycles. The Balaban J connectivity index is 2.39. The number of thioether (sulfide) groups is 1. The number of hydrogen-bond acceptors (Lipinski definition) is 2. The van der Waals surface area contributed by atoms with Gasteiger partial charge in [0.1, 0.15) is 0 Å². The summed E-state index contributed by atoms with van der Waals surface area (Å²) in [5.41, 5.74) is 8.11. The zero-order valence-electron chi connectivity index (χ0n) is 9.96. The van der Waals surface area contributed by atoms with Crippen molar-refractivity contribution in [3.63, 3.8) is 0 Å². The van der Waals surface area contributed by atoms with Crippen molar-refractivity contribution in [2.24, 2.45) is 0 Å². The van der Waals surface area contributed by atoms with Gasteiger partial charge in [0.2, 0.25) is 0 Å². The van der Waals surface area contributed by atoms with Crippen LogP contribution in [0.15, 0.2) is 45.7 Å². The van der Waals surface area contributed by atoms with Crippen LogP contribution < -0.4 is 0 Å². The fourth-order valence-electron chi connectivity index (χ4n) is 1.12. The normalized spacial score (nSPS) is 14.8. The smallest absolute Gasteiger partial charge is 0.155 e. The predicted molar refractivity (Wildman–Crippen MR) is 70.4 cm³/mol. The van der Waals surface area contributed by atoms with Gasteiger partial charge in [-0.05, 0) is 50.5 Å². The second-order valence-corrected chi connectivity index (χ2v) is 4.85. The van der Waals surface area contributed by atoms with E-state index in [1.54, 1.807) is 18.7 Å². The number of rotatable bonds is 5. The minimum absolute atomic E-state index is 0.153. The fourth-order valence-corrected chi connectivity index (χ4v) is 1.86. The van der Waals surface area contributed by atoms with Crippen LogP contribution in [0.2, 0.25) is 0 Å². The van der Waals surface area contributed by atoms with E-state index in [2.05, 4.69) is 17.5 Å². The average Bonchev–Trinajstić information content (AvgIpc) is 2.26. The average molecular weight is 232 g/mol. The van der Waals surface area contributed by atoms with E-state index in [0.717, 1.165) is 28.2 Å². The van der Waals surface area contributed by atoms with Crippen LogP contribution in [0.5, 0.6) is 0 Å². The molecule has 1 nitrogen and oxygen atoms in total. The van der Waals surface area contributed by atoms with E-state index in [1.807, 2.05) is 26.0 Å². The van der Waals surface area contributed by atoms with Crippen LogP contribution in [-0.2, 0) is 4.79 Å². The summed E-state index contributed by atoms with van der Waals surface area (Å²) in [6.45, 7) is 5.46. The molecule has 0 aliphatic heterocycles. The van der Waals surface area contributed by atoms with Gasteiger partial charge in [0.05, 0.1) is 4.91 Å². The number of ketones is 1. The van der Waals surface area contributed by atoms with E-state index in [9.17, 15) is 4.79 Å². The van der Waals surface area contributed by atoms with Crippen molar-refractivity contribution >= 4 is 17.5 Å². The van der Waals surface area contributed by atoms with Crippen molar-refractivity contribution in [1.29, 1.82) is 0 Å². The van der Waals surface area contributed by atoms with Gasteiger partial charge in [-0.25, -0.2) is 0 Å². The Morgan fingerprint density at radius 1 is 1.38 bits per heavy atom. The van der Waals surface area contributed by atoms with Gasteiger partial charge in [-0.3, -0.25) is 4.79 Å². The lowest BCUT2D eigenvalue weighted by atomic mass is 10.2. The molecule has 2 heteroatoms. The molecule has 0 radical (unpaired) electrons. The molecule has 0 N–H and O–H groups in total. The number of carbonyl (C=O) groups is 1. The summed E-state index contributed by atoms with van der Waals surface area (Å²) in [5, 5.41) is 0. The van der Waals surface area contributed by atoms with Crippen molar-refractivity contribution in [2.45, 2.75) is 27.2 Å². The molecule has 1 rings (SSSR count). The molecule has 16 heavy (non-hydrogen) atoms. The van der Waals surface area contributed by atoms with Crippen LogP contribution in [0.1, 0.15) is 27.2 Å². The van der Waals surface area contributed by atoms with Crippen molar-refractivity contribution in [3.8, 4) is 0 Å². The number of hydrogen-bond donors (Lipinski definition) is 0. The zero-order chi connectivity index (χ0) is 12.0. The van der Waals surface area contributed by atoms with E-state index in [1.165, 1.54) is 0 Å². The SMILES string of the molecule is CC(=O)/C(C)=C\CCSC1=C=C=C(C)C=C1. The van der Waals surface area contributed by atoms with Crippen molar-refractivity contribution in [2.75, 3.05) is 5.75 Å². The summed E-state index contributed by atoms with van der Waals surface area (Å²) in [6, 6.07) is 0. The standard InChI is InChI=1S/C14H16OS/c1-11-6-8-14(9-7-11)16-10-4-5-12(2)13(3)15/h5-6,8H,4,10H2,1-3H3/b12-5-. The van der Waals surface area contributed by atoms with E-state index < -0.39 is 0 Å². The maximum absolute atomic E-state index is 11.0. The molecule has 0 atom stereocenters. The molecular formula is C14H16OS. The molecule has 0 fully saturated rings. The molecule has 0 amide bonds. The maximum atomic E-state index is 11.0. The van der Waals surface area contributed by atoms with Crippen LogP contribution in [-0.4, -0.2) is 11.5 Å². The topological polar surface area (TPSA) is 17.1 Å². The highest BCUT2D eigenvalue weighted by Crippen LogP contribution is 2.19. The van der Waals surface area contributed by atoms with Gasteiger partial charge in [-0.1, -0.05) is 17.5 Å². The van der Waals surface area contributed by atoms with Crippen LogP contribution >= 0.6 is 11.8 Å². The van der Waals surface area contributed by atoms with E-state index in [0.29, 0.717) is 0 Å². The molecule has 0 bridgehead atoms. The molecule has 0 aromatic rings. The highest BCUT2D eigenvalue weighted by Gasteiger charge is 1.97. The van der Waals surface area contributed by atoms with Crippen molar-refractivity contribution < 1.29 is 4.79 Å². The third kappa shape index (κ3) is 4.55. The van der Waals surface area contributed by atoms with Crippen LogP contribution in [0, 0.1) is 0 Å². The first-order valence-corrected chi connectivity index (χ1v) is 6.29. The first-order valence-electron chi connectivity index (χ1n) is 5.30. The second kappa shape index (κ2) is 6.40. The molecule has 0 saturated heterocycles. The lowest BCUT2D eigenvalue weighted by Gasteiger charge is -2.00. The zero-order valence-corrected chi connectivity index (χ0v) is 10.8. The Morgan fingerprint density at radius 3 is 2.69 bits per heavy atom. The summed E-state index contributed by atoms with van der Waals surface area (Å²) < 4.78 is 0. The second-order valence-electron chi connectivity index (χ2n) is 3.71. The number of Topliss-reactive ketones (excluding diaryl/α,β-unsaturated/α-hetero) is 1. The lowest BCUT2D eigenvalue weighted by molar-refractivity contribution is -0.113. The Labute approximate surface area is 101 Å². The fraction of sp³-hybridized carbons (Fsp3) is 0.357. The monoisotopic (exact) mass is 232 g/mol. The number of carbonyl (C=O) groups excluding carboxylic acids is 1. The van der Waals surface area contributed by atoms with Crippen LogP contribution in [0.4, 0.5) is 0 Å². The third-order valence-electron chi connectivity index (χ3n) is 2.25.